The molecule has 0 spiro atoms. The van der Waals surface area contributed by atoms with Crippen LogP contribution in [0.3, 0.4) is 0 Å². The van der Waals surface area contributed by atoms with Crippen LogP contribution in [0, 0.1) is 0 Å². The Bertz CT molecular complexity index is 806. The Hall–Kier alpha value is -2.08. The summed E-state index contributed by atoms with van der Waals surface area (Å²) in [6, 6.07) is 6.27. The van der Waals surface area contributed by atoms with Crippen LogP contribution in [0.1, 0.15) is 45.9 Å². The molecule has 1 aromatic heterocycles. The van der Waals surface area contributed by atoms with Gasteiger partial charge in [0.15, 0.2) is 0 Å². The topological polar surface area (TPSA) is 61.6 Å². The lowest BCUT2D eigenvalue weighted by atomic mass is 9.95. The summed E-state index contributed by atoms with van der Waals surface area (Å²) in [4.78, 5) is 19.8. The molecule has 0 radical (unpaired) electrons. The van der Waals surface area contributed by atoms with Crippen LogP contribution in [0.2, 0.25) is 0 Å². The molecular weight excluding hydrogens is 328 g/mol. The second kappa shape index (κ2) is 6.91. The van der Waals surface area contributed by atoms with Gasteiger partial charge in [-0.15, -0.1) is 0 Å². The molecule has 1 aliphatic rings. The summed E-state index contributed by atoms with van der Waals surface area (Å²) in [6.45, 7) is 8.61. The second-order valence-electron chi connectivity index (χ2n) is 8.44. The van der Waals surface area contributed by atoms with Crippen molar-refractivity contribution in [2.45, 2.75) is 58.0 Å². The van der Waals surface area contributed by atoms with Crippen molar-refractivity contribution in [2.24, 2.45) is 0 Å². The minimum absolute atomic E-state index is 0.0783. The summed E-state index contributed by atoms with van der Waals surface area (Å²) in [5.74, 6) is 1.06. The Morgan fingerprint density at radius 3 is 2.69 bits per heavy atom. The molecule has 2 heterocycles. The number of carbonyl (C=O) groups is 1. The third-order valence-electron chi connectivity index (χ3n) is 5.39. The molecule has 3 rings (SSSR count). The molecule has 0 aliphatic carbocycles. The van der Waals surface area contributed by atoms with E-state index in [2.05, 4.69) is 37.3 Å². The molecule has 142 valence electrons. The van der Waals surface area contributed by atoms with E-state index in [0.29, 0.717) is 11.7 Å². The molecule has 1 atom stereocenters. The maximum Gasteiger partial charge on any atom is 0.411 e. The monoisotopic (exact) mass is 358 g/mol. The van der Waals surface area contributed by atoms with Gasteiger partial charge in [-0.25, -0.2) is 9.78 Å². The predicted molar refractivity (Wildman–Crippen MR) is 105 cm³/mol. The number of hydrogen-bond acceptors (Lipinski definition) is 3. The average molecular weight is 358 g/mol. The van der Waals surface area contributed by atoms with Crippen molar-refractivity contribution < 1.29 is 9.90 Å². The van der Waals surface area contributed by atoms with Gasteiger partial charge in [0.25, 0.3) is 0 Å². The first-order valence-electron chi connectivity index (χ1n) is 9.36. The standard InChI is InChI=1S/C20H30N4O2/c1-20(2,3)18-21-16-12-14(23(5)19(25)26)9-10-17(16)24(18)13-15-8-6-7-11-22(15)4/h9-10,12,15H,6-8,11,13H2,1-5H3,(H,25,26)/t15-/m1/s1. The fraction of sp³-hybridized carbons (Fsp3) is 0.600. The van der Waals surface area contributed by atoms with Gasteiger partial charge in [-0.2, -0.15) is 0 Å². The number of amides is 1. The van der Waals surface area contributed by atoms with E-state index in [1.807, 2.05) is 18.2 Å². The summed E-state index contributed by atoms with van der Waals surface area (Å²) >= 11 is 0. The highest BCUT2D eigenvalue weighted by Crippen LogP contribution is 2.30. The molecule has 1 aliphatic heterocycles. The van der Waals surface area contributed by atoms with Gasteiger partial charge in [-0.1, -0.05) is 27.2 Å². The van der Waals surface area contributed by atoms with Gasteiger partial charge in [0.1, 0.15) is 5.82 Å². The van der Waals surface area contributed by atoms with Gasteiger partial charge in [0.2, 0.25) is 0 Å². The Balaban J connectivity index is 2.05. The number of anilines is 1. The largest absolute Gasteiger partial charge is 0.465 e. The molecule has 0 unspecified atom stereocenters. The first-order chi connectivity index (χ1) is 12.2. The van der Waals surface area contributed by atoms with Crippen molar-refractivity contribution in [3.63, 3.8) is 0 Å². The zero-order valence-corrected chi connectivity index (χ0v) is 16.5. The molecule has 6 heteroatoms. The molecule has 26 heavy (non-hydrogen) atoms. The normalized spacial score (nSPS) is 19.0. The quantitative estimate of drug-likeness (QED) is 0.903. The number of imidazole rings is 1. The fourth-order valence-corrected chi connectivity index (χ4v) is 3.78. The Morgan fingerprint density at radius 1 is 1.35 bits per heavy atom. The van der Waals surface area contributed by atoms with Gasteiger partial charge in [-0.3, -0.25) is 4.90 Å². The van der Waals surface area contributed by atoms with E-state index in [9.17, 15) is 9.90 Å². The van der Waals surface area contributed by atoms with Gasteiger partial charge in [0.05, 0.1) is 11.0 Å². The van der Waals surface area contributed by atoms with Gasteiger partial charge in [0, 0.05) is 30.7 Å². The van der Waals surface area contributed by atoms with Gasteiger partial charge < -0.3 is 14.6 Å². The number of piperidine rings is 1. The predicted octanol–water partition coefficient (Wildman–Crippen LogP) is 3.93. The Morgan fingerprint density at radius 2 is 2.08 bits per heavy atom. The third-order valence-corrected chi connectivity index (χ3v) is 5.39. The molecule has 2 aromatic rings. The number of likely N-dealkylation sites (N-methyl/N-ethyl adjacent to an activating group) is 1. The van der Waals surface area contributed by atoms with Crippen LogP contribution in [-0.4, -0.2) is 52.3 Å². The number of nitrogens with zero attached hydrogens (tertiary/aromatic N) is 4. The number of aromatic nitrogens is 2. The summed E-state index contributed by atoms with van der Waals surface area (Å²) in [6.07, 6.45) is 2.79. The molecule has 1 amide bonds. The lowest BCUT2D eigenvalue weighted by Gasteiger charge is -2.34. The van der Waals surface area contributed by atoms with Crippen LogP contribution in [0.15, 0.2) is 18.2 Å². The zero-order valence-electron chi connectivity index (χ0n) is 16.5. The maximum absolute atomic E-state index is 11.3. The van der Waals surface area contributed by atoms with Crippen LogP contribution in [0.4, 0.5) is 10.5 Å². The number of benzene rings is 1. The Kier molecular flexibility index (Phi) is 4.97. The lowest BCUT2D eigenvalue weighted by molar-refractivity contribution is 0.166. The van der Waals surface area contributed by atoms with Crippen LogP contribution in [0.25, 0.3) is 11.0 Å². The van der Waals surface area contributed by atoms with Crippen molar-refractivity contribution >= 4 is 22.8 Å². The van der Waals surface area contributed by atoms with Crippen molar-refractivity contribution in [3.05, 3.63) is 24.0 Å². The highest BCUT2D eigenvalue weighted by Gasteiger charge is 2.27. The van der Waals surface area contributed by atoms with E-state index in [1.165, 1.54) is 24.2 Å². The fourth-order valence-electron chi connectivity index (χ4n) is 3.78. The second-order valence-corrected chi connectivity index (χ2v) is 8.44. The molecule has 1 saturated heterocycles. The van der Waals surface area contributed by atoms with Crippen LogP contribution in [0.5, 0.6) is 0 Å². The molecule has 1 aromatic carbocycles. The van der Waals surface area contributed by atoms with Crippen LogP contribution < -0.4 is 4.90 Å². The molecule has 0 bridgehead atoms. The SMILES string of the molecule is CN(C(=O)O)c1ccc2c(c1)nc(C(C)(C)C)n2C[C@H]1CCCCN1C. The number of likely N-dealkylation sites (tertiary alicyclic amines) is 1. The van der Waals surface area contributed by atoms with Crippen molar-refractivity contribution in [1.29, 1.82) is 0 Å². The Labute approximate surface area is 155 Å². The van der Waals surface area contributed by atoms with Gasteiger partial charge >= 0.3 is 6.09 Å². The van der Waals surface area contributed by atoms with Crippen molar-refractivity contribution in [2.75, 3.05) is 25.5 Å². The molecule has 0 saturated carbocycles. The number of rotatable bonds is 3. The number of hydrogen-bond donors (Lipinski definition) is 1. The summed E-state index contributed by atoms with van der Waals surface area (Å²) in [5.41, 5.74) is 2.51. The molecule has 1 N–H and O–H groups in total. The highest BCUT2D eigenvalue weighted by atomic mass is 16.4. The third kappa shape index (κ3) is 3.56. The minimum atomic E-state index is -0.969. The minimum Gasteiger partial charge on any atom is -0.465 e. The maximum atomic E-state index is 11.3. The number of fused-ring (bicyclic) bond motifs is 1. The van der Waals surface area contributed by atoms with E-state index in [4.69, 9.17) is 4.98 Å². The molecular formula is C20H30N4O2. The summed E-state index contributed by atoms with van der Waals surface area (Å²) < 4.78 is 2.34. The highest BCUT2D eigenvalue weighted by molar-refractivity contribution is 5.89. The first kappa shape index (κ1) is 18.7. The van der Waals surface area contributed by atoms with E-state index in [0.717, 1.165) is 29.9 Å². The van der Waals surface area contributed by atoms with Gasteiger partial charge in [-0.05, 0) is 44.6 Å². The number of carboxylic acid groups (broad SMARTS) is 1. The molecule has 6 nitrogen and oxygen atoms in total. The average Bonchev–Trinajstić information content (AvgIpc) is 2.94. The smallest absolute Gasteiger partial charge is 0.411 e. The van der Waals surface area contributed by atoms with Crippen molar-refractivity contribution in [1.82, 2.24) is 14.5 Å². The first-order valence-corrected chi connectivity index (χ1v) is 9.36. The lowest BCUT2D eigenvalue weighted by Crippen LogP contribution is -2.40. The molecule has 1 fully saturated rings. The zero-order chi connectivity index (χ0) is 19.1. The van der Waals surface area contributed by atoms with Crippen LogP contribution >= 0.6 is 0 Å². The van der Waals surface area contributed by atoms with E-state index in [-0.39, 0.29) is 5.41 Å². The van der Waals surface area contributed by atoms with Crippen LogP contribution in [-0.2, 0) is 12.0 Å². The summed E-state index contributed by atoms with van der Waals surface area (Å²) in [5, 5.41) is 9.24. The van der Waals surface area contributed by atoms with E-state index < -0.39 is 6.09 Å². The van der Waals surface area contributed by atoms with Crippen molar-refractivity contribution in [3.8, 4) is 0 Å². The van der Waals surface area contributed by atoms with E-state index >= 15 is 0 Å². The summed E-state index contributed by atoms with van der Waals surface area (Å²) in [7, 11) is 3.77. The van der Waals surface area contributed by atoms with E-state index in [1.54, 1.807) is 7.05 Å².